The SMILES string of the molecule is COc1ccc(C(=O)NC(C)c2nc3ccccc3n2CCCOc2ccccc2C(C)C)cc1. The van der Waals surface area contributed by atoms with Crippen LogP contribution in [0.3, 0.4) is 0 Å². The lowest BCUT2D eigenvalue weighted by atomic mass is 10.0. The summed E-state index contributed by atoms with van der Waals surface area (Å²) < 4.78 is 13.5. The molecule has 0 aliphatic heterocycles. The molecule has 0 spiro atoms. The van der Waals surface area contributed by atoms with Gasteiger partial charge >= 0.3 is 0 Å². The van der Waals surface area contributed by atoms with Gasteiger partial charge in [0.05, 0.1) is 30.8 Å². The Morgan fingerprint density at radius 2 is 1.69 bits per heavy atom. The lowest BCUT2D eigenvalue weighted by molar-refractivity contribution is 0.0937. The molecule has 1 amide bonds. The Kier molecular flexibility index (Phi) is 7.70. The van der Waals surface area contributed by atoms with Crippen LogP contribution in [0.1, 0.15) is 60.9 Å². The highest BCUT2D eigenvalue weighted by Gasteiger charge is 2.19. The van der Waals surface area contributed by atoms with Gasteiger partial charge in [0.1, 0.15) is 17.3 Å². The van der Waals surface area contributed by atoms with E-state index in [1.807, 2.05) is 43.3 Å². The summed E-state index contributed by atoms with van der Waals surface area (Å²) in [5.74, 6) is 2.75. The van der Waals surface area contributed by atoms with Gasteiger partial charge < -0.3 is 19.4 Å². The molecule has 35 heavy (non-hydrogen) atoms. The van der Waals surface area contributed by atoms with Crippen LogP contribution in [0.25, 0.3) is 11.0 Å². The largest absolute Gasteiger partial charge is 0.497 e. The van der Waals surface area contributed by atoms with Gasteiger partial charge in [-0.3, -0.25) is 4.79 Å². The molecular weight excluding hydrogens is 438 g/mol. The summed E-state index contributed by atoms with van der Waals surface area (Å²) in [4.78, 5) is 17.7. The fourth-order valence-corrected chi connectivity index (χ4v) is 4.24. The Labute approximate surface area is 206 Å². The number of carbonyl (C=O) groups is 1. The van der Waals surface area contributed by atoms with Crippen molar-refractivity contribution in [2.45, 2.75) is 45.7 Å². The van der Waals surface area contributed by atoms with Crippen molar-refractivity contribution < 1.29 is 14.3 Å². The van der Waals surface area contributed by atoms with Gasteiger partial charge in [0, 0.05) is 12.1 Å². The van der Waals surface area contributed by atoms with Crippen molar-refractivity contribution in [3.05, 3.63) is 89.7 Å². The molecule has 6 nitrogen and oxygen atoms in total. The summed E-state index contributed by atoms with van der Waals surface area (Å²) in [5.41, 5.74) is 3.77. The molecule has 3 aromatic carbocycles. The highest BCUT2D eigenvalue weighted by Crippen LogP contribution is 2.26. The smallest absolute Gasteiger partial charge is 0.251 e. The fraction of sp³-hybridized carbons (Fsp3) is 0.310. The summed E-state index contributed by atoms with van der Waals surface area (Å²) in [5, 5.41) is 3.09. The van der Waals surface area contributed by atoms with Crippen molar-refractivity contribution in [1.29, 1.82) is 0 Å². The van der Waals surface area contributed by atoms with E-state index in [9.17, 15) is 4.79 Å². The van der Waals surface area contributed by atoms with Crippen molar-refractivity contribution in [2.75, 3.05) is 13.7 Å². The first-order valence-electron chi connectivity index (χ1n) is 12.1. The number of hydrogen-bond acceptors (Lipinski definition) is 4. The second-order valence-corrected chi connectivity index (χ2v) is 8.93. The Balaban J connectivity index is 1.47. The van der Waals surface area contributed by atoms with E-state index in [2.05, 4.69) is 35.9 Å². The van der Waals surface area contributed by atoms with Gasteiger partial charge in [-0.15, -0.1) is 0 Å². The summed E-state index contributed by atoms with van der Waals surface area (Å²) in [6.07, 6.45) is 0.818. The average molecular weight is 472 g/mol. The van der Waals surface area contributed by atoms with Crippen molar-refractivity contribution in [3.63, 3.8) is 0 Å². The van der Waals surface area contributed by atoms with Crippen molar-refractivity contribution >= 4 is 16.9 Å². The maximum Gasteiger partial charge on any atom is 0.251 e. The average Bonchev–Trinajstić information content (AvgIpc) is 3.25. The zero-order valence-electron chi connectivity index (χ0n) is 20.8. The van der Waals surface area contributed by atoms with Gasteiger partial charge in [-0.1, -0.05) is 44.2 Å². The van der Waals surface area contributed by atoms with Crippen LogP contribution in [0.4, 0.5) is 0 Å². The number of aromatic nitrogens is 2. The number of nitrogens with zero attached hydrogens (tertiary/aromatic N) is 2. The first-order chi connectivity index (χ1) is 17.0. The normalized spacial score (nSPS) is 12.0. The molecule has 182 valence electrons. The highest BCUT2D eigenvalue weighted by molar-refractivity contribution is 5.94. The van der Waals surface area contributed by atoms with Crippen LogP contribution in [0.15, 0.2) is 72.8 Å². The molecule has 0 bridgehead atoms. The predicted octanol–water partition coefficient (Wildman–Crippen LogP) is 6.13. The zero-order valence-corrected chi connectivity index (χ0v) is 20.8. The molecule has 0 aliphatic carbocycles. The molecular formula is C29H33N3O3. The van der Waals surface area contributed by atoms with E-state index in [-0.39, 0.29) is 11.9 Å². The Hall–Kier alpha value is -3.80. The van der Waals surface area contributed by atoms with Gasteiger partial charge in [-0.05, 0) is 67.3 Å². The minimum absolute atomic E-state index is 0.146. The van der Waals surface area contributed by atoms with Crippen LogP contribution in [0, 0.1) is 0 Å². The molecule has 1 N–H and O–H groups in total. The zero-order chi connectivity index (χ0) is 24.8. The molecule has 1 unspecified atom stereocenters. The minimum atomic E-state index is -0.264. The topological polar surface area (TPSA) is 65.4 Å². The lowest BCUT2D eigenvalue weighted by Gasteiger charge is -2.17. The van der Waals surface area contributed by atoms with Crippen molar-refractivity contribution in [3.8, 4) is 11.5 Å². The van der Waals surface area contributed by atoms with Gasteiger partial charge in [0.2, 0.25) is 0 Å². The van der Waals surface area contributed by atoms with E-state index < -0.39 is 0 Å². The predicted molar refractivity (Wildman–Crippen MR) is 139 cm³/mol. The molecule has 4 aromatic rings. The molecule has 1 aromatic heterocycles. The number of para-hydroxylation sites is 3. The highest BCUT2D eigenvalue weighted by atomic mass is 16.5. The molecule has 6 heteroatoms. The number of methoxy groups -OCH3 is 1. The summed E-state index contributed by atoms with van der Waals surface area (Å²) >= 11 is 0. The number of nitrogens with one attached hydrogen (secondary N) is 1. The third kappa shape index (κ3) is 5.65. The third-order valence-corrected chi connectivity index (χ3v) is 6.10. The first kappa shape index (κ1) is 24.3. The molecule has 0 fully saturated rings. The van der Waals surface area contributed by atoms with Crippen LogP contribution in [-0.4, -0.2) is 29.2 Å². The van der Waals surface area contributed by atoms with Gasteiger partial charge in [0.25, 0.3) is 5.91 Å². The Bertz CT molecular complexity index is 1280. The van der Waals surface area contributed by atoms with E-state index in [4.69, 9.17) is 14.5 Å². The molecule has 1 heterocycles. The number of amides is 1. The minimum Gasteiger partial charge on any atom is -0.497 e. The number of rotatable bonds is 10. The van der Waals surface area contributed by atoms with Gasteiger partial charge in [-0.2, -0.15) is 0 Å². The van der Waals surface area contributed by atoms with Crippen LogP contribution in [0.5, 0.6) is 11.5 Å². The van der Waals surface area contributed by atoms with Gasteiger partial charge in [0.15, 0.2) is 0 Å². The number of imidazole rings is 1. The molecule has 1 atom stereocenters. The van der Waals surface area contributed by atoms with E-state index >= 15 is 0 Å². The lowest BCUT2D eigenvalue weighted by Crippen LogP contribution is -2.28. The molecule has 0 saturated heterocycles. The Morgan fingerprint density at radius 3 is 2.43 bits per heavy atom. The maximum atomic E-state index is 12.8. The number of carbonyl (C=O) groups excluding carboxylic acids is 1. The van der Waals surface area contributed by atoms with E-state index in [0.29, 0.717) is 18.1 Å². The molecule has 4 rings (SSSR count). The summed E-state index contributed by atoms with van der Waals surface area (Å²) in [7, 11) is 1.61. The molecule has 0 radical (unpaired) electrons. The number of hydrogen-bond donors (Lipinski definition) is 1. The van der Waals surface area contributed by atoms with Gasteiger partial charge in [-0.25, -0.2) is 4.98 Å². The molecule has 0 aliphatic rings. The maximum absolute atomic E-state index is 12.8. The van der Waals surface area contributed by atoms with Crippen molar-refractivity contribution in [1.82, 2.24) is 14.9 Å². The number of fused-ring (bicyclic) bond motifs is 1. The third-order valence-electron chi connectivity index (χ3n) is 6.10. The number of ether oxygens (including phenoxy) is 2. The number of benzene rings is 3. The molecule has 0 saturated carbocycles. The standard InChI is InChI=1S/C29H33N3O3/c1-20(2)24-10-5-8-13-27(24)35-19-9-18-32-26-12-7-6-11-25(26)31-28(32)21(3)30-29(33)22-14-16-23(34-4)17-15-22/h5-8,10-17,20-21H,9,18-19H2,1-4H3,(H,30,33). The number of aryl methyl sites for hydroxylation is 1. The van der Waals surface area contributed by atoms with Crippen LogP contribution >= 0.6 is 0 Å². The first-order valence-corrected chi connectivity index (χ1v) is 12.1. The quantitative estimate of drug-likeness (QED) is 0.283. The summed E-state index contributed by atoms with van der Waals surface area (Å²) in [6, 6.07) is 23.1. The van der Waals surface area contributed by atoms with Crippen LogP contribution < -0.4 is 14.8 Å². The Morgan fingerprint density at radius 1 is 0.971 bits per heavy atom. The fourth-order valence-electron chi connectivity index (χ4n) is 4.24. The second-order valence-electron chi connectivity index (χ2n) is 8.93. The van der Waals surface area contributed by atoms with Crippen LogP contribution in [-0.2, 0) is 6.54 Å². The summed E-state index contributed by atoms with van der Waals surface area (Å²) in [6.45, 7) is 7.65. The monoisotopic (exact) mass is 471 g/mol. The van der Waals surface area contributed by atoms with E-state index in [1.54, 1.807) is 31.4 Å². The van der Waals surface area contributed by atoms with E-state index in [1.165, 1.54) is 5.56 Å². The van der Waals surface area contributed by atoms with Crippen LogP contribution in [0.2, 0.25) is 0 Å². The van der Waals surface area contributed by atoms with E-state index in [0.717, 1.165) is 41.3 Å². The second kappa shape index (κ2) is 11.1. The van der Waals surface area contributed by atoms with Crippen molar-refractivity contribution in [2.24, 2.45) is 0 Å².